The molecular formula is C24H21FN2O2. The predicted octanol–water partition coefficient (Wildman–Crippen LogP) is 4.28. The summed E-state index contributed by atoms with van der Waals surface area (Å²) < 4.78 is 13.6. The lowest BCUT2D eigenvalue weighted by Gasteiger charge is -2.19. The number of hydrogen-bond acceptors (Lipinski definition) is 3. The van der Waals surface area contributed by atoms with E-state index in [9.17, 15) is 14.3 Å². The lowest BCUT2D eigenvalue weighted by molar-refractivity contribution is 0.0930. The first-order valence-electron chi connectivity index (χ1n) is 9.54. The highest BCUT2D eigenvalue weighted by Crippen LogP contribution is 2.26. The second kappa shape index (κ2) is 8.37. The maximum atomic E-state index is 13.6. The number of aliphatic hydroxyl groups is 1. The molecule has 4 rings (SSSR count). The summed E-state index contributed by atoms with van der Waals surface area (Å²) in [5.74, 6) is -0.640. The lowest BCUT2D eigenvalue weighted by Crippen LogP contribution is -2.29. The van der Waals surface area contributed by atoms with Crippen LogP contribution in [0.15, 0.2) is 71.7 Å². The summed E-state index contributed by atoms with van der Waals surface area (Å²) in [5, 5.41) is 12.3. The van der Waals surface area contributed by atoms with E-state index < -0.39 is 6.04 Å². The van der Waals surface area contributed by atoms with Crippen LogP contribution in [0.1, 0.15) is 39.5 Å². The van der Waals surface area contributed by atoms with Crippen molar-refractivity contribution in [3.63, 3.8) is 0 Å². The van der Waals surface area contributed by atoms with Crippen molar-refractivity contribution < 1.29 is 14.3 Å². The number of halogens is 1. The fourth-order valence-corrected chi connectivity index (χ4v) is 3.54. The second-order valence-corrected chi connectivity index (χ2v) is 7.06. The van der Waals surface area contributed by atoms with E-state index in [-0.39, 0.29) is 18.3 Å². The normalized spacial score (nSPS) is 13.2. The largest absolute Gasteiger partial charge is 0.396 e. The molecule has 1 amide bonds. The van der Waals surface area contributed by atoms with Crippen molar-refractivity contribution in [3.8, 4) is 11.1 Å². The number of nitrogens with one attached hydrogen (secondary N) is 1. The van der Waals surface area contributed by atoms with E-state index in [0.717, 1.165) is 16.7 Å². The van der Waals surface area contributed by atoms with Gasteiger partial charge in [0.05, 0.1) is 12.6 Å². The van der Waals surface area contributed by atoms with Crippen molar-refractivity contribution in [3.05, 3.63) is 94.8 Å². The number of carbonyl (C=O) groups excluding carboxylic acids is 1. The van der Waals surface area contributed by atoms with Crippen LogP contribution in [0.3, 0.4) is 0 Å². The number of aliphatic imine (C=N–C) groups is 1. The fraction of sp³-hybridized carbons (Fsp3) is 0.167. The van der Waals surface area contributed by atoms with Crippen molar-refractivity contribution in [2.75, 3.05) is 6.61 Å². The molecule has 5 heteroatoms. The van der Waals surface area contributed by atoms with Crippen LogP contribution in [0.25, 0.3) is 11.1 Å². The second-order valence-electron chi connectivity index (χ2n) is 7.06. The Balaban J connectivity index is 1.57. The van der Waals surface area contributed by atoms with E-state index in [2.05, 4.69) is 22.4 Å². The molecule has 0 fully saturated rings. The number of carbonyl (C=O) groups is 1. The minimum atomic E-state index is -0.469. The average molecular weight is 388 g/mol. The highest BCUT2D eigenvalue weighted by atomic mass is 19.1. The van der Waals surface area contributed by atoms with Crippen LogP contribution >= 0.6 is 0 Å². The number of aliphatic hydroxyl groups excluding tert-OH is 1. The van der Waals surface area contributed by atoms with Crippen molar-refractivity contribution in [2.45, 2.75) is 19.0 Å². The first kappa shape index (κ1) is 19.0. The lowest BCUT2D eigenvalue weighted by atomic mass is 9.98. The Hall–Kier alpha value is -3.31. The molecule has 1 atom stereocenters. The molecule has 0 spiro atoms. The Bertz CT molecular complexity index is 1080. The maximum Gasteiger partial charge on any atom is 0.251 e. The average Bonchev–Trinajstić information content (AvgIpc) is 3.21. The molecule has 29 heavy (non-hydrogen) atoms. The van der Waals surface area contributed by atoms with Crippen LogP contribution < -0.4 is 5.32 Å². The molecule has 1 aliphatic heterocycles. The zero-order chi connectivity index (χ0) is 20.2. The van der Waals surface area contributed by atoms with Gasteiger partial charge in [0.1, 0.15) is 5.82 Å². The first-order chi connectivity index (χ1) is 14.1. The summed E-state index contributed by atoms with van der Waals surface area (Å²) in [6, 6.07) is 19.2. The van der Waals surface area contributed by atoms with E-state index in [0.29, 0.717) is 24.1 Å². The fourth-order valence-electron chi connectivity index (χ4n) is 3.54. The molecular weight excluding hydrogens is 367 g/mol. The zero-order valence-electron chi connectivity index (χ0n) is 15.8. The minimum Gasteiger partial charge on any atom is -0.396 e. The molecule has 146 valence electrons. The molecule has 1 aliphatic rings. The van der Waals surface area contributed by atoms with Crippen LogP contribution in [0.5, 0.6) is 0 Å². The van der Waals surface area contributed by atoms with Crippen LogP contribution in [-0.2, 0) is 6.54 Å². The van der Waals surface area contributed by atoms with Gasteiger partial charge in [-0.25, -0.2) is 4.39 Å². The number of hydrogen-bond donors (Lipinski definition) is 2. The van der Waals surface area contributed by atoms with Gasteiger partial charge >= 0.3 is 0 Å². The highest BCUT2D eigenvalue weighted by molar-refractivity contribution is 5.96. The van der Waals surface area contributed by atoms with Gasteiger partial charge in [-0.1, -0.05) is 36.4 Å². The topological polar surface area (TPSA) is 61.7 Å². The molecule has 4 nitrogen and oxygen atoms in total. The monoisotopic (exact) mass is 388 g/mol. The van der Waals surface area contributed by atoms with Gasteiger partial charge in [-0.2, -0.15) is 0 Å². The third-order valence-corrected chi connectivity index (χ3v) is 5.07. The van der Waals surface area contributed by atoms with Crippen molar-refractivity contribution >= 4 is 12.1 Å². The first-order valence-corrected chi connectivity index (χ1v) is 9.54. The Morgan fingerprint density at radius 3 is 2.72 bits per heavy atom. The summed E-state index contributed by atoms with van der Waals surface area (Å²) >= 11 is 0. The van der Waals surface area contributed by atoms with Gasteiger partial charge in [0.2, 0.25) is 0 Å². The van der Waals surface area contributed by atoms with Crippen LogP contribution in [0.2, 0.25) is 0 Å². The summed E-state index contributed by atoms with van der Waals surface area (Å²) in [7, 11) is 0. The predicted molar refractivity (Wildman–Crippen MR) is 111 cm³/mol. The van der Waals surface area contributed by atoms with E-state index in [4.69, 9.17) is 0 Å². The van der Waals surface area contributed by atoms with Gasteiger partial charge < -0.3 is 10.4 Å². The third kappa shape index (κ3) is 4.25. The van der Waals surface area contributed by atoms with Crippen LogP contribution in [-0.4, -0.2) is 23.8 Å². The quantitative estimate of drug-likeness (QED) is 0.662. The Morgan fingerprint density at radius 2 is 1.90 bits per heavy atom. The molecule has 0 saturated heterocycles. The van der Waals surface area contributed by atoms with Gasteiger partial charge in [-0.05, 0) is 64.6 Å². The number of rotatable bonds is 6. The van der Waals surface area contributed by atoms with E-state index in [1.807, 2.05) is 30.5 Å². The van der Waals surface area contributed by atoms with Crippen LogP contribution in [0, 0.1) is 5.82 Å². The number of benzene rings is 3. The van der Waals surface area contributed by atoms with E-state index in [1.54, 1.807) is 18.2 Å². The highest BCUT2D eigenvalue weighted by Gasteiger charge is 2.17. The number of nitrogens with zero attached hydrogens (tertiary/aromatic N) is 1. The number of fused-ring (bicyclic) bond motifs is 1. The van der Waals surface area contributed by atoms with E-state index >= 15 is 0 Å². The maximum absolute atomic E-state index is 13.6. The molecule has 1 heterocycles. The minimum absolute atomic E-state index is 0.113. The molecule has 0 saturated carbocycles. The van der Waals surface area contributed by atoms with Gasteiger partial charge in [-0.15, -0.1) is 0 Å². The molecule has 0 aromatic heterocycles. The van der Waals surface area contributed by atoms with Crippen molar-refractivity contribution in [1.29, 1.82) is 0 Å². The van der Waals surface area contributed by atoms with Gasteiger partial charge in [0, 0.05) is 18.4 Å². The molecule has 0 aliphatic carbocycles. The van der Waals surface area contributed by atoms with Gasteiger partial charge in [0.25, 0.3) is 5.91 Å². The molecule has 0 bridgehead atoms. The SMILES string of the molecule is O=C(NC(CCO)c1cccc(F)c1)c1cccc(-c2ccc3c(c2)C=NC3)c1. The molecule has 1 unspecified atom stereocenters. The van der Waals surface area contributed by atoms with Gasteiger partial charge in [0.15, 0.2) is 0 Å². The standard InChI is InChI=1S/C24H21FN2O2/c25-22-6-2-4-18(13-22)23(9-10-28)27-24(29)19-5-1-3-16(11-19)17-7-8-20-14-26-15-21(20)12-17/h1-8,11-13,15,23,28H,9-10,14H2,(H,27,29). The van der Waals surface area contributed by atoms with Crippen molar-refractivity contribution in [1.82, 2.24) is 5.32 Å². The molecule has 0 radical (unpaired) electrons. The van der Waals surface area contributed by atoms with Gasteiger partial charge in [-0.3, -0.25) is 9.79 Å². The van der Waals surface area contributed by atoms with E-state index in [1.165, 1.54) is 17.7 Å². The summed E-state index contributed by atoms with van der Waals surface area (Å²) in [6.07, 6.45) is 2.17. The van der Waals surface area contributed by atoms with Crippen LogP contribution in [0.4, 0.5) is 4.39 Å². The third-order valence-electron chi connectivity index (χ3n) is 5.07. The van der Waals surface area contributed by atoms with Crippen molar-refractivity contribution in [2.24, 2.45) is 4.99 Å². The smallest absolute Gasteiger partial charge is 0.251 e. The summed E-state index contributed by atoms with van der Waals surface area (Å²) in [5.41, 5.74) is 5.39. The summed E-state index contributed by atoms with van der Waals surface area (Å²) in [6.45, 7) is 0.600. The molecule has 3 aromatic rings. The molecule has 3 aromatic carbocycles. The molecule has 2 N–H and O–H groups in total. The Morgan fingerprint density at radius 1 is 1.07 bits per heavy atom. The zero-order valence-corrected chi connectivity index (χ0v) is 15.8. The number of amides is 1. The Kier molecular flexibility index (Phi) is 5.49. The summed E-state index contributed by atoms with van der Waals surface area (Å²) in [4.78, 5) is 17.1. The Labute approximate surface area is 168 Å².